The number of para-hydroxylation sites is 1. The molecule has 4 aromatic rings. The number of fused-ring (bicyclic) bond motifs is 1. The predicted molar refractivity (Wildman–Crippen MR) is 101 cm³/mol. The Hall–Kier alpha value is -3.18. The van der Waals surface area contributed by atoms with Gasteiger partial charge in [-0.2, -0.15) is 5.10 Å². The summed E-state index contributed by atoms with van der Waals surface area (Å²) >= 11 is 6.16. The number of ether oxygens (including phenoxy) is 1. The molecule has 5 nitrogen and oxygen atoms in total. The lowest BCUT2D eigenvalue weighted by molar-refractivity contribution is 0.112. The van der Waals surface area contributed by atoms with Gasteiger partial charge in [-0.1, -0.05) is 29.8 Å². The Kier molecular flexibility index (Phi) is 4.14. The zero-order chi connectivity index (χ0) is 18.1. The zero-order valence-electron chi connectivity index (χ0n) is 13.9. The number of benzene rings is 2. The van der Waals surface area contributed by atoms with Crippen molar-refractivity contribution in [3.05, 3.63) is 71.4 Å². The minimum absolute atomic E-state index is 0.158. The number of carbonyl (C=O) groups excluding carboxylic acids is 1. The summed E-state index contributed by atoms with van der Waals surface area (Å²) in [4.78, 5) is 15.7. The van der Waals surface area contributed by atoms with Crippen molar-refractivity contribution in [2.24, 2.45) is 0 Å². The van der Waals surface area contributed by atoms with Crippen molar-refractivity contribution in [1.82, 2.24) is 14.8 Å². The Balaban J connectivity index is 2.01. The molecule has 0 radical (unpaired) electrons. The van der Waals surface area contributed by atoms with E-state index < -0.39 is 0 Å². The molecule has 0 aliphatic carbocycles. The van der Waals surface area contributed by atoms with Gasteiger partial charge in [0.2, 0.25) is 0 Å². The van der Waals surface area contributed by atoms with Crippen LogP contribution in [0.1, 0.15) is 10.4 Å². The third-order valence-electron chi connectivity index (χ3n) is 4.13. The lowest BCUT2D eigenvalue weighted by Gasteiger charge is -2.02. The lowest BCUT2D eigenvalue weighted by atomic mass is 10.1. The Morgan fingerprint density at radius 2 is 1.81 bits per heavy atom. The van der Waals surface area contributed by atoms with Crippen molar-refractivity contribution in [3.8, 4) is 22.7 Å². The molecule has 0 aliphatic rings. The molecule has 0 spiro atoms. The maximum absolute atomic E-state index is 11.3. The standard InChI is InChI=1S/C20H14ClN3O2/c1-26-16-9-7-13(8-10-16)18-17-11-14(12-25)19(21)22-20(17)24(23-18)15-5-3-2-4-6-15/h2-12H,1H3. The van der Waals surface area contributed by atoms with Crippen LogP contribution < -0.4 is 4.74 Å². The van der Waals surface area contributed by atoms with Crippen LogP contribution in [-0.2, 0) is 0 Å². The third-order valence-corrected chi connectivity index (χ3v) is 4.43. The molecule has 0 atom stereocenters. The van der Waals surface area contributed by atoms with Gasteiger partial charge >= 0.3 is 0 Å². The molecule has 4 rings (SSSR count). The summed E-state index contributed by atoms with van der Waals surface area (Å²) in [5.41, 5.74) is 3.41. The normalized spacial score (nSPS) is 10.8. The van der Waals surface area contributed by atoms with E-state index in [1.807, 2.05) is 54.6 Å². The number of hydrogen-bond acceptors (Lipinski definition) is 4. The fourth-order valence-electron chi connectivity index (χ4n) is 2.83. The maximum atomic E-state index is 11.3. The number of carbonyl (C=O) groups is 1. The molecule has 2 aromatic carbocycles. The molecule has 0 bridgehead atoms. The summed E-state index contributed by atoms with van der Waals surface area (Å²) in [7, 11) is 1.62. The molecule has 0 N–H and O–H groups in total. The summed E-state index contributed by atoms with van der Waals surface area (Å²) in [6, 6.07) is 19.0. The average molecular weight is 364 g/mol. The van der Waals surface area contributed by atoms with Crippen LogP contribution in [-0.4, -0.2) is 28.2 Å². The van der Waals surface area contributed by atoms with Crippen LogP contribution in [0.2, 0.25) is 5.15 Å². The molecule has 6 heteroatoms. The number of methoxy groups -OCH3 is 1. The third kappa shape index (κ3) is 2.72. The van der Waals surface area contributed by atoms with E-state index in [0.717, 1.165) is 28.1 Å². The van der Waals surface area contributed by atoms with E-state index in [9.17, 15) is 4.79 Å². The van der Waals surface area contributed by atoms with E-state index >= 15 is 0 Å². The molecule has 2 aromatic heterocycles. The first-order chi connectivity index (χ1) is 12.7. The predicted octanol–water partition coefficient (Wildman–Crippen LogP) is 4.56. The van der Waals surface area contributed by atoms with Crippen molar-refractivity contribution >= 4 is 28.9 Å². The molecule has 0 saturated heterocycles. The summed E-state index contributed by atoms with van der Waals surface area (Å²) < 4.78 is 6.95. The molecule has 0 fully saturated rings. The van der Waals surface area contributed by atoms with Crippen LogP contribution in [0.15, 0.2) is 60.7 Å². The first-order valence-electron chi connectivity index (χ1n) is 7.95. The number of hydrogen-bond donors (Lipinski definition) is 0. The Morgan fingerprint density at radius 3 is 2.46 bits per heavy atom. The highest BCUT2D eigenvalue weighted by atomic mass is 35.5. The molecule has 2 heterocycles. The summed E-state index contributed by atoms with van der Waals surface area (Å²) in [5, 5.41) is 5.65. The van der Waals surface area contributed by atoms with E-state index in [-0.39, 0.29) is 5.15 Å². The van der Waals surface area contributed by atoms with Gasteiger partial charge in [-0.25, -0.2) is 9.67 Å². The molecule has 26 heavy (non-hydrogen) atoms. The van der Waals surface area contributed by atoms with Crippen molar-refractivity contribution in [1.29, 1.82) is 0 Å². The van der Waals surface area contributed by atoms with Crippen LogP contribution in [0, 0.1) is 0 Å². The summed E-state index contributed by atoms with van der Waals surface area (Å²) in [6.45, 7) is 0. The first kappa shape index (κ1) is 16.3. The second-order valence-corrected chi connectivity index (χ2v) is 6.04. The van der Waals surface area contributed by atoms with E-state index in [1.165, 1.54) is 0 Å². The van der Waals surface area contributed by atoms with Gasteiger partial charge in [0.05, 0.1) is 18.4 Å². The van der Waals surface area contributed by atoms with Crippen LogP contribution in [0.3, 0.4) is 0 Å². The lowest BCUT2D eigenvalue weighted by Crippen LogP contribution is -1.98. The van der Waals surface area contributed by atoms with E-state index in [0.29, 0.717) is 17.5 Å². The SMILES string of the molecule is COc1ccc(-c2nn(-c3ccccc3)c3nc(Cl)c(C=O)cc23)cc1. The van der Waals surface area contributed by atoms with Gasteiger partial charge in [-0.05, 0) is 42.5 Å². The number of aldehydes is 1. The van der Waals surface area contributed by atoms with Gasteiger partial charge in [0.25, 0.3) is 0 Å². The van der Waals surface area contributed by atoms with Crippen molar-refractivity contribution < 1.29 is 9.53 Å². The zero-order valence-corrected chi connectivity index (χ0v) is 14.6. The Morgan fingerprint density at radius 1 is 1.08 bits per heavy atom. The smallest absolute Gasteiger partial charge is 0.165 e. The largest absolute Gasteiger partial charge is 0.497 e. The van der Waals surface area contributed by atoms with Gasteiger partial charge in [-0.3, -0.25) is 4.79 Å². The van der Waals surface area contributed by atoms with Crippen molar-refractivity contribution in [2.45, 2.75) is 0 Å². The average Bonchev–Trinajstić information content (AvgIpc) is 3.06. The monoisotopic (exact) mass is 363 g/mol. The number of pyridine rings is 1. The van der Waals surface area contributed by atoms with E-state index in [4.69, 9.17) is 21.4 Å². The van der Waals surface area contributed by atoms with Gasteiger partial charge in [0, 0.05) is 10.9 Å². The number of nitrogens with zero attached hydrogens (tertiary/aromatic N) is 3. The minimum atomic E-state index is 0.158. The highest BCUT2D eigenvalue weighted by Gasteiger charge is 2.17. The van der Waals surface area contributed by atoms with Crippen LogP contribution in [0.5, 0.6) is 5.75 Å². The van der Waals surface area contributed by atoms with Crippen molar-refractivity contribution in [3.63, 3.8) is 0 Å². The number of halogens is 1. The Bertz CT molecular complexity index is 1090. The summed E-state index contributed by atoms with van der Waals surface area (Å²) in [5.74, 6) is 0.760. The minimum Gasteiger partial charge on any atom is -0.497 e. The molecular formula is C20H14ClN3O2. The Labute approximate surface area is 154 Å². The van der Waals surface area contributed by atoms with Gasteiger partial charge in [0.15, 0.2) is 11.9 Å². The van der Waals surface area contributed by atoms with E-state index in [2.05, 4.69) is 4.98 Å². The molecular weight excluding hydrogens is 350 g/mol. The fraction of sp³-hybridized carbons (Fsp3) is 0.0500. The molecule has 0 saturated carbocycles. The number of rotatable bonds is 4. The second kappa shape index (κ2) is 6.61. The summed E-state index contributed by atoms with van der Waals surface area (Å²) in [6.07, 6.45) is 0.701. The quantitative estimate of drug-likeness (QED) is 0.394. The van der Waals surface area contributed by atoms with Crippen molar-refractivity contribution in [2.75, 3.05) is 7.11 Å². The second-order valence-electron chi connectivity index (χ2n) is 5.68. The van der Waals surface area contributed by atoms with Crippen LogP contribution in [0.25, 0.3) is 28.0 Å². The van der Waals surface area contributed by atoms with Gasteiger partial charge in [-0.15, -0.1) is 0 Å². The first-order valence-corrected chi connectivity index (χ1v) is 8.33. The molecule has 128 valence electrons. The molecule has 0 aliphatic heterocycles. The highest BCUT2D eigenvalue weighted by molar-refractivity contribution is 6.32. The van der Waals surface area contributed by atoms with Crippen LogP contribution >= 0.6 is 11.6 Å². The van der Waals surface area contributed by atoms with Crippen LogP contribution in [0.4, 0.5) is 0 Å². The molecule has 0 unspecified atom stereocenters. The van der Waals surface area contributed by atoms with Gasteiger partial charge in [0.1, 0.15) is 16.6 Å². The van der Waals surface area contributed by atoms with E-state index in [1.54, 1.807) is 17.9 Å². The van der Waals surface area contributed by atoms with Gasteiger partial charge < -0.3 is 4.74 Å². The highest BCUT2D eigenvalue weighted by Crippen LogP contribution is 2.32. The molecule has 0 amide bonds. The number of aromatic nitrogens is 3. The maximum Gasteiger partial charge on any atom is 0.165 e. The topological polar surface area (TPSA) is 57.0 Å². The fourth-order valence-corrected chi connectivity index (χ4v) is 3.01.